The van der Waals surface area contributed by atoms with Crippen LogP contribution in [0.15, 0.2) is 0 Å². The highest BCUT2D eigenvalue weighted by molar-refractivity contribution is 6.28. The number of anilines is 2. The first-order valence-corrected chi connectivity index (χ1v) is 9.82. The zero-order valence-corrected chi connectivity index (χ0v) is 16.1. The SMILES string of the molecule is O=C(O)NC[C@@H](CC1CCCC1)C(=O)NNc1nc(Cl)nc(NC2CC2)c1F. The molecule has 0 radical (unpaired) electrons. The van der Waals surface area contributed by atoms with Crippen molar-refractivity contribution in [2.45, 2.75) is 51.0 Å². The van der Waals surface area contributed by atoms with Crippen molar-refractivity contribution in [2.75, 3.05) is 17.3 Å². The summed E-state index contributed by atoms with van der Waals surface area (Å²) in [6, 6.07) is 0.167. The van der Waals surface area contributed by atoms with Gasteiger partial charge in [-0.1, -0.05) is 25.7 Å². The topological polar surface area (TPSA) is 128 Å². The Kier molecular flexibility index (Phi) is 6.71. The maximum atomic E-state index is 14.5. The van der Waals surface area contributed by atoms with Crippen molar-refractivity contribution < 1.29 is 19.1 Å². The van der Waals surface area contributed by atoms with Crippen molar-refractivity contribution in [3.8, 4) is 0 Å². The van der Waals surface area contributed by atoms with E-state index in [9.17, 15) is 14.0 Å². The molecule has 2 saturated carbocycles. The minimum absolute atomic E-state index is 0.0131. The third-order valence-electron chi connectivity index (χ3n) is 5.01. The lowest BCUT2D eigenvalue weighted by molar-refractivity contribution is -0.124. The fraction of sp³-hybridized carbons (Fsp3) is 0.647. The number of aromatic nitrogens is 2. The molecule has 1 atom stereocenters. The monoisotopic (exact) mass is 414 g/mol. The van der Waals surface area contributed by atoms with Crippen molar-refractivity contribution in [3.63, 3.8) is 0 Å². The molecule has 0 aliphatic heterocycles. The van der Waals surface area contributed by atoms with Crippen LogP contribution >= 0.6 is 11.6 Å². The minimum Gasteiger partial charge on any atom is -0.465 e. The maximum Gasteiger partial charge on any atom is 0.404 e. The van der Waals surface area contributed by atoms with Gasteiger partial charge in [0.1, 0.15) is 0 Å². The number of halogens is 2. The molecule has 2 amide bonds. The van der Waals surface area contributed by atoms with Gasteiger partial charge in [-0.15, -0.1) is 0 Å². The zero-order chi connectivity index (χ0) is 20.1. The predicted octanol–water partition coefficient (Wildman–Crippen LogP) is 2.75. The van der Waals surface area contributed by atoms with Gasteiger partial charge in [-0.05, 0) is 36.8 Å². The number of amides is 2. The molecular weight excluding hydrogens is 391 g/mol. The van der Waals surface area contributed by atoms with Gasteiger partial charge in [0.05, 0.1) is 5.92 Å². The molecule has 28 heavy (non-hydrogen) atoms. The average Bonchev–Trinajstić information content (AvgIpc) is 3.31. The second kappa shape index (κ2) is 9.22. The summed E-state index contributed by atoms with van der Waals surface area (Å²) in [7, 11) is 0. The Bertz CT molecular complexity index is 727. The number of nitrogens with zero attached hydrogens (tertiary/aromatic N) is 2. The third kappa shape index (κ3) is 5.82. The van der Waals surface area contributed by atoms with Gasteiger partial charge in [0.25, 0.3) is 0 Å². The van der Waals surface area contributed by atoms with Crippen LogP contribution in [0.25, 0.3) is 0 Å². The summed E-state index contributed by atoms with van der Waals surface area (Å²) in [5.41, 5.74) is 4.88. The lowest BCUT2D eigenvalue weighted by Crippen LogP contribution is -2.41. The van der Waals surface area contributed by atoms with E-state index >= 15 is 0 Å². The van der Waals surface area contributed by atoms with Crippen LogP contribution in [0, 0.1) is 17.7 Å². The van der Waals surface area contributed by atoms with Crippen molar-refractivity contribution in [3.05, 3.63) is 11.1 Å². The van der Waals surface area contributed by atoms with Crippen molar-refractivity contribution in [1.82, 2.24) is 20.7 Å². The summed E-state index contributed by atoms with van der Waals surface area (Å²) in [6.45, 7) is -0.0131. The van der Waals surface area contributed by atoms with Gasteiger partial charge in [0, 0.05) is 12.6 Å². The molecule has 1 aromatic rings. The van der Waals surface area contributed by atoms with Crippen LogP contribution in [0.3, 0.4) is 0 Å². The van der Waals surface area contributed by atoms with Gasteiger partial charge in [0.15, 0.2) is 11.6 Å². The molecule has 0 bridgehead atoms. The highest BCUT2D eigenvalue weighted by Crippen LogP contribution is 2.31. The van der Waals surface area contributed by atoms with E-state index in [2.05, 4.69) is 31.5 Å². The highest BCUT2D eigenvalue weighted by Gasteiger charge is 2.27. The first kappa shape index (κ1) is 20.4. The fourth-order valence-corrected chi connectivity index (χ4v) is 3.55. The number of carbonyl (C=O) groups is 2. The quantitative estimate of drug-likeness (QED) is 0.310. The number of carbonyl (C=O) groups excluding carboxylic acids is 1. The third-order valence-corrected chi connectivity index (χ3v) is 5.18. The van der Waals surface area contributed by atoms with Gasteiger partial charge >= 0.3 is 6.09 Å². The summed E-state index contributed by atoms with van der Waals surface area (Å²) in [6.07, 6.45) is 5.51. The number of hydrazine groups is 1. The Morgan fingerprint density at radius 1 is 1.18 bits per heavy atom. The average molecular weight is 415 g/mol. The lowest BCUT2D eigenvalue weighted by Gasteiger charge is -2.20. The van der Waals surface area contributed by atoms with Gasteiger partial charge in [-0.2, -0.15) is 14.4 Å². The van der Waals surface area contributed by atoms with Crippen LogP contribution in [-0.4, -0.2) is 39.7 Å². The molecule has 1 aromatic heterocycles. The molecule has 9 nitrogen and oxygen atoms in total. The number of hydrogen-bond acceptors (Lipinski definition) is 6. The van der Waals surface area contributed by atoms with Crippen molar-refractivity contribution >= 4 is 35.2 Å². The first-order valence-electron chi connectivity index (χ1n) is 9.44. The maximum absolute atomic E-state index is 14.5. The van der Waals surface area contributed by atoms with E-state index in [1.54, 1.807) is 0 Å². The molecule has 0 spiro atoms. The number of hydrogen-bond donors (Lipinski definition) is 5. The number of rotatable bonds is 9. The summed E-state index contributed by atoms with van der Waals surface area (Å²) in [5, 5.41) is 13.9. The van der Waals surface area contributed by atoms with E-state index in [1.807, 2.05) is 0 Å². The largest absolute Gasteiger partial charge is 0.465 e. The Balaban J connectivity index is 1.62. The van der Waals surface area contributed by atoms with Gasteiger partial charge < -0.3 is 15.7 Å². The molecule has 3 rings (SSSR count). The van der Waals surface area contributed by atoms with Crippen LogP contribution < -0.4 is 21.5 Å². The van der Waals surface area contributed by atoms with Gasteiger partial charge in [-0.25, -0.2) is 4.79 Å². The molecular formula is C17H24ClFN6O3. The molecule has 0 saturated heterocycles. The molecule has 2 fully saturated rings. The van der Waals surface area contributed by atoms with E-state index in [4.69, 9.17) is 16.7 Å². The fourth-order valence-electron chi connectivity index (χ4n) is 3.38. The normalized spacial score (nSPS) is 17.8. The van der Waals surface area contributed by atoms with Crippen LogP contribution in [-0.2, 0) is 4.79 Å². The predicted molar refractivity (Wildman–Crippen MR) is 102 cm³/mol. The molecule has 11 heteroatoms. The van der Waals surface area contributed by atoms with E-state index in [0.717, 1.165) is 38.5 Å². The number of carboxylic acid groups (broad SMARTS) is 1. The Morgan fingerprint density at radius 3 is 2.50 bits per heavy atom. The summed E-state index contributed by atoms with van der Waals surface area (Å²) in [5.74, 6) is -1.64. The molecule has 0 unspecified atom stereocenters. The number of nitrogens with one attached hydrogen (secondary N) is 4. The summed E-state index contributed by atoms with van der Waals surface area (Å²) >= 11 is 5.84. The molecule has 0 aromatic carbocycles. The Hall–Kier alpha value is -2.36. The van der Waals surface area contributed by atoms with Crippen molar-refractivity contribution in [1.29, 1.82) is 0 Å². The molecule has 1 heterocycles. The second-order valence-corrected chi connectivity index (χ2v) is 7.64. The highest BCUT2D eigenvalue weighted by atomic mass is 35.5. The van der Waals surface area contributed by atoms with E-state index in [1.165, 1.54) is 0 Å². The van der Waals surface area contributed by atoms with Crippen molar-refractivity contribution in [2.24, 2.45) is 11.8 Å². The van der Waals surface area contributed by atoms with Crippen LogP contribution in [0.4, 0.5) is 20.8 Å². The summed E-state index contributed by atoms with van der Waals surface area (Å²) < 4.78 is 14.5. The summed E-state index contributed by atoms with van der Waals surface area (Å²) in [4.78, 5) is 31.0. The first-order chi connectivity index (χ1) is 13.4. The van der Waals surface area contributed by atoms with Crippen LogP contribution in [0.5, 0.6) is 0 Å². The van der Waals surface area contributed by atoms with Crippen LogP contribution in [0.2, 0.25) is 5.28 Å². The van der Waals surface area contributed by atoms with E-state index < -0.39 is 23.7 Å². The molecule has 2 aliphatic rings. The zero-order valence-electron chi connectivity index (χ0n) is 15.3. The smallest absolute Gasteiger partial charge is 0.404 e. The minimum atomic E-state index is -1.19. The second-order valence-electron chi connectivity index (χ2n) is 7.31. The molecule has 5 N–H and O–H groups in total. The van der Waals surface area contributed by atoms with E-state index in [0.29, 0.717) is 12.3 Å². The van der Waals surface area contributed by atoms with Gasteiger partial charge in [-0.3, -0.25) is 15.6 Å². The molecule has 154 valence electrons. The lowest BCUT2D eigenvalue weighted by atomic mass is 9.92. The van der Waals surface area contributed by atoms with E-state index in [-0.39, 0.29) is 29.5 Å². The Labute approximate surface area is 166 Å². The van der Waals surface area contributed by atoms with Crippen LogP contribution in [0.1, 0.15) is 44.9 Å². The Morgan fingerprint density at radius 2 is 1.86 bits per heavy atom. The van der Waals surface area contributed by atoms with Gasteiger partial charge in [0.2, 0.25) is 17.0 Å². The standard InChI is InChI=1S/C17H24ClFN6O3/c18-16-22-13(21-11-5-6-11)12(19)14(23-16)24-25-15(26)10(8-20-17(27)28)7-9-3-1-2-4-9/h9-11,20H,1-8H2,(H,25,26)(H,27,28)(H2,21,22,23,24)/t10-/m1/s1. The molecule has 2 aliphatic carbocycles.